The van der Waals surface area contributed by atoms with E-state index in [1.54, 1.807) is 0 Å². The molecule has 0 spiro atoms. The normalized spacial score (nSPS) is 29.9. The monoisotopic (exact) mass is 296 g/mol. The molecule has 1 saturated heterocycles. The highest BCUT2D eigenvalue weighted by Gasteiger charge is 2.53. The van der Waals surface area contributed by atoms with Gasteiger partial charge in [-0.1, -0.05) is 13.3 Å². The molecule has 2 fully saturated rings. The number of nitrogens with one attached hydrogen (secondary N) is 1. The highest BCUT2D eigenvalue weighted by Crippen LogP contribution is 2.42. The molecule has 1 saturated carbocycles. The van der Waals surface area contributed by atoms with Crippen molar-refractivity contribution in [2.75, 3.05) is 19.7 Å². The summed E-state index contributed by atoms with van der Waals surface area (Å²) in [5.41, 5.74) is -0.495. The van der Waals surface area contributed by atoms with Gasteiger partial charge in [-0.3, -0.25) is 4.90 Å². The van der Waals surface area contributed by atoms with Crippen LogP contribution >= 0.6 is 0 Å². The van der Waals surface area contributed by atoms with Gasteiger partial charge in [-0.05, 0) is 58.9 Å². The van der Waals surface area contributed by atoms with Crippen LogP contribution in [-0.4, -0.2) is 48.2 Å². The van der Waals surface area contributed by atoms with E-state index in [0.717, 1.165) is 25.9 Å². The first-order valence-electron chi connectivity index (χ1n) is 8.73. The standard InChI is InChI=1S/C17H32N2O2/c1-5-18-17(15-10-11-15,16(20)21-6-2)12-19-13(3)8-7-9-14(19)4/h13-15,18H,5-12H2,1-4H3/t13-,14+,17?. The molecule has 4 heteroatoms. The molecule has 2 rings (SSSR count). The van der Waals surface area contributed by atoms with Crippen LogP contribution in [0, 0.1) is 5.92 Å². The van der Waals surface area contributed by atoms with Crippen LogP contribution in [0.5, 0.6) is 0 Å². The minimum atomic E-state index is -0.495. The molecular weight excluding hydrogens is 264 g/mol. The number of rotatable bonds is 7. The van der Waals surface area contributed by atoms with Crippen molar-refractivity contribution >= 4 is 5.97 Å². The van der Waals surface area contributed by atoms with Crippen LogP contribution in [0.2, 0.25) is 0 Å². The Kier molecular flexibility index (Phi) is 5.67. The van der Waals surface area contributed by atoms with Gasteiger partial charge in [0.05, 0.1) is 6.61 Å². The number of carbonyl (C=O) groups excluding carboxylic acids is 1. The topological polar surface area (TPSA) is 41.6 Å². The second kappa shape index (κ2) is 7.10. The summed E-state index contributed by atoms with van der Waals surface area (Å²) in [5, 5.41) is 3.51. The van der Waals surface area contributed by atoms with Crippen molar-refractivity contribution in [3.8, 4) is 0 Å². The molecule has 0 amide bonds. The minimum Gasteiger partial charge on any atom is -0.465 e. The van der Waals surface area contributed by atoms with E-state index in [0.29, 0.717) is 24.6 Å². The molecule has 2 aliphatic rings. The lowest BCUT2D eigenvalue weighted by Gasteiger charge is -2.45. The smallest absolute Gasteiger partial charge is 0.327 e. The summed E-state index contributed by atoms with van der Waals surface area (Å²) < 4.78 is 5.45. The van der Waals surface area contributed by atoms with Gasteiger partial charge in [-0.2, -0.15) is 0 Å². The molecule has 1 heterocycles. The number of ether oxygens (including phenoxy) is 1. The minimum absolute atomic E-state index is 0.0423. The van der Waals surface area contributed by atoms with E-state index in [9.17, 15) is 4.79 Å². The number of nitrogens with zero attached hydrogens (tertiary/aromatic N) is 1. The highest BCUT2D eigenvalue weighted by molar-refractivity contribution is 5.82. The van der Waals surface area contributed by atoms with E-state index in [1.807, 2.05) is 6.92 Å². The van der Waals surface area contributed by atoms with Gasteiger partial charge in [-0.25, -0.2) is 4.79 Å². The third-order valence-electron chi connectivity index (χ3n) is 5.21. The Hall–Kier alpha value is -0.610. The average molecular weight is 296 g/mol. The zero-order chi connectivity index (χ0) is 15.5. The first kappa shape index (κ1) is 16.8. The van der Waals surface area contributed by atoms with Gasteiger partial charge >= 0.3 is 5.97 Å². The second-order valence-electron chi connectivity index (χ2n) is 6.80. The first-order chi connectivity index (χ1) is 10.0. The molecule has 1 N–H and O–H groups in total. The maximum atomic E-state index is 12.7. The van der Waals surface area contributed by atoms with Gasteiger partial charge in [0, 0.05) is 18.6 Å². The number of esters is 1. The predicted octanol–water partition coefficient (Wildman–Crippen LogP) is 2.57. The number of hydrogen-bond donors (Lipinski definition) is 1. The van der Waals surface area contributed by atoms with Crippen LogP contribution in [0.4, 0.5) is 0 Å². The zero-order valence-electron chi connectivity index (χ0n) is 14.2. The van der Waals surface area contributed by atoms with Gasteiger partial charge in [0.2, 0.25) is 0 Å². The molecule has 0 bridgehead atoms. The van der Waals surface area contributed by atoms with Crippen molar-refractivity contribution < 1.29 is 9.53 Å². The van der Waals surface area contributed by atoms with Crippen LogP contribution in [-0.2, 0) is 9.53 Å². The van der Waals surface area contributed by atoms with E-state index in [-0.39, 0.29) is 5.97 Å². The number of carbonyl (C=O) groups is 1. The molecule has 4 nitrogen and oxygen atoms in total. The van der Waals surface area contributed by atoms with Crippen molar-refractivity contribution in [1.82, 2.24) is 10.2 Å². The molecule has 0 aromatic carbocycles. The molecule has 21 heavy (non-hydrogen) atoms. The van der Waals surface area contributed by atoms with E-state index in [1.165, 1.54) is 19.3 Å². The fourth-order valence-electron chi connectivity index (χ4n) is 3.86. The summed E-state index contributed by atoms with van der Waals surface area (Å²) in [5.74, 6) is 0.400. The summed E-state index contributed by atoms with van der Waals surface area (Å²) in [6.07, 6.45) is 6.06. The maximum Gasteiger partial charge on any atom is 0.327 e. The van der Waals surface area contributed by atoms with E-state index < -0.39 is 5.54 Å². The van der Waals surface area contributed by atoms with Crippen LogP contribution in [0.25, 0.3) is 0 Å². The molecule has 1 unspecified atom stereocenters. The van der Waals surface area contributed by atoms with Crippen molar-refractivity contribution in [3.63, 3.8) is 0 Å². The molecule has 0 aromatic heterocycles. The third kappa shape index (κ3) is 3.59. The fraction of sp³-hybridized carbons (Fsp3) is 0.941. The molecule has 3 atom stereocenters. The molecule has 1 aliphatic heterocycles. The Balaban J connectivity index is 2.19. The molecular formula is C17H32N2O2. The zero-order valence-corrected chi connectivity index (χ0v) is 14.2. The van der Waals surface area contributed by atoms with Crippen LogP contribution in [0.3, 0.4) is 0 Å². The van der Waals surface area contributed by atoms with Crippen LogP contribution < -0.4 is 5.32 Å². The number of likely N-dealkylation sites (tertiary alicyclic amines) is 1. The third-order valence-corrected chi connectivity index (χ3v) is 5.21. The fourth-order valence-corrected chi connectivity index (χ4v) is 3.86. The quantitative estimate of drug-likeness (QED) is 0.733. The molecule has 0 aromatic rings. The lowest BCUT2D eigenvalue weighted by atomic mass is 9.88. The van der Waals surface area contributed by atoms with Gasteiger partial charge in [0.15, 0.2) is 0 Å². The van der Waals surface area contributed by atoms with Crippen molar-refractivity contribution in [1.29, 1.82) is 0 Å². The van der Waals surface area contributed by atoms with Crippen molar-refractivity contribution in [2.45, 2.75) is 77.4 Å². The predicted molar refractivity (Wildman–Crippen MR) is 85.2 cm³/mol. The lowest BCUT2D eigenvalue weighted by Crippen LogP contribution is -2.64. The Bertz CT molecular complexity index is 347. The van der Waals surface area contributed by atoms with Gasteiger partial charge in [-0.15, -0.1) is 0 Å². The number of hydrogen-bond acceptors (Lipinski definition) is 4. The molecule has 122 valence electrons. The van der Waals surface area contributed by atoms with Crippen molar-refractivity contribution in [3.05, 3.63) is 0 Å². The van der Waals surface area contributed by atoms with E-state index in [2.05, 4.69) is 31.0 Å². The Morgan fingerprint density at radius 1 is 1.19 bits per heavy atom. The van der Waals surface area contributed by atoms with Gasteiger partial charge < -0.3 is 10.1 Å². The Morgan fingerprint density at radius 3 is 2.29 bits per heavy atom. The van der Waals surface area contributed by atoms with Gasteiger partial charge in [0.1, 0.15) is 5.54 Å². The second-order valence-corrected chi connectivity index (χ2v) is 6.80. The molecule has 0 radical (unpaired) electrons. The number of likely N-dealkylation sites (N-methyl/N-ethyl adjacent to an activating group) is 1. The lowest BCUT2D eigenvalue weighted by molar-refractivity contribution is -0.154. The van der Waals surface area contributed by atoms with Crippen LogP contribution in [0.1, 0.15) is 59.8 Å². The van der Waals surface area contributed by atoms with Gasteiger partial charge in [0.25, 0.3) is 0 Å². The largest absolute Gasteiger partial charge is 0.465 e. The highest BCUT2D eigenvalue weighted by atomic mass is 16.5. The van der Waals surface area contributed by atoms with E-state index in [4.69, 9.17) is 4.74 Å². The van der Waals surface area contributed by atoms with Crippen molar-refractivity contribution in [2.24, 2.45) is 5.92 Å². The van der Waals surface area contributed by atoms with Crippen LogP contribution in [0.15, 0.2) is 0 Å². The molecule has 1 aliphatic carbocycles. The number of piperidine rings is 1. The Labute approximate surface area is 129 Å². The summed E-state index contributed by atoms with van der Waals surface area (Å²) >= 11 is 0. The maximum absolute atomic E-state index is 12.7. The summed E-state index contributed by atoms with van der Waals surface area (Å²) in [4.78, 5) is 15.2. The first-order valence-corrected chi connectivity index (χ1v) is 8.73. The summed E-state index contributed by atoms with van der Waals surface area (Å²) in [6, 6.07) is 1.11. The summed E-state index contributed by atoms with van der Waals surface area (Å²) in [6.45, 7) is 10.6. The summed E-state index contributed by atoms with van der Waals surface area (Å²) in [7, 11) is 0. The average Bonchev–Trinajstić information content (AvgIpc) is 3.27. The van der Waals surface area contributed by atoms with E-state index >= 15 is 0 Å². The SMILES string of the molecule is CCNC(CN1[C@H](C)CCC[C@@H]1C)(C(=O)OCC)C1CC1. The Morgan fingerprint density at radius 2 is 1.81 bits per heavy atom.